The highest BCUT2D eigenvalue weighted by Crippen LogP contribution is 2.32. The first-order valence-corrected chi connectivity index (χ1v) is 15.2. The van der Waals surface area contributed by atoms with Gasteiger partial charge in [0.05, 0.1) is 18.6 Å². The fourth-order valence-corrected chi connectivity index (χ4v) is 8.27. The molecule has 1 aromatic rings. The summed E-state index contributed by atoms with van der Waals surface area (Å²) in [6.07, 6.45) is 5.20. The van der Waals surface area contributed by atoms with Crippen LogP contribution < -0.4 is 4.74 Å². The lowest BCUT2D eigenvalue weighted by atomic mass is 10.0. The Labute approximate surface area is 222 Å². The Bertz CT molecular complexity index is 1010. The van der Waals surface area contributed by atoms with Crippen LogP contribution in [-0.2, 0) is 14.8 Å². The van der Waals surface area contributed by atoms with Gasteiger partial charge in [0, 0.05) is 44.8 Å². The number of carbonyl (C=O) groups excluding carboxylic acids is 1. The quantitative estimate of drug-likeness (QED) is 0.530. The fraction of sp³-hybridized carbons (Fsp3) is 0.741. The van der Waals surface area contributed by atoms with Gasteiger partial charge >= 0.3 is 6.09 Å². The van der Waals surface area contributed by atoms with Gasteiger partial charge < -0.3 is 19.3 Å². The number of piperazine rings is 1. The first-order chi connectivity index (χ1) is 17.7. The summed E-state index contributed by atoms with van der Waals surface area (Å²) in [5.74, 6) is 0.656. The predicted molar refractivity (Wildman–Crippen MR) is 144 cm³/mol. The third-order valence-electron chi connectivity index (χ3n) is 8.26. The number of methoxy groups -OCH3 is 1. The molecular weight excluding hydrogens is 492 g/mol. The van der Waals surface area contributed by atoms with Gasteiger partial charge in [0.15, 0.2) is 0 Å². The molecular formula is C27H44N4O5S. The number of rotatable bonds is 7. The van der Waals surface area contributed by atoms with E-state index in [0.29, 0.717) is 53.9 Å². The van der Waals surface area contributed by atoms with Crippen LogP contribution in [0.1, 0.15) is 49.7 Å². The lowest BCUT2D eigenvalue weighted by Crippen LogP contribution is -2.54. The van der Waals surface area contributed by atoms with E-state index in [2.05, 4.69) is 16.8 Å². The van der Waals surface area contributed by atoms with Crippen molar-refractivity contribution in [3.05, 3.63) is 23.3 Å². The average molecular weight is 537 g/mol. The van der Waals surface area contributed by atoms with E-state index in [1.54, 1.807) is 28.4 Å². The molecule has 9 nitrogen and oxygen atoms in total. The number of benzene rings is 1. The summed E-state index contributed by atoms with van der Waals surface area (Å²) in [5, 5.41) is 0. The van der Waals surface area contributed by atoms with Gasteiger partial charge in [-0.25, -0.2) is 13.2 Å². The second-order valence-corrected chi connectivity index (χ2v) is 12.6. The molecule has 1 unspecified atom stereocenters. The van der Waals surface area contributed by atoms with E-state index < -0.39 is 10.0 Å². The second kappa shape index (κ2) is 12.3. The van der Waals surface area contributed by atoms with Gasteiger partial charge in [0.2, 0.25) is 10.0 Å². The van der Waals surface area contributed by atoms with Crippen molar-refractivity contribution in [2.24, 2.45) is 0 Å². The minimum Gasteiger partial charge on any atom is -0.497 e. The largest absolute Gasteiger partial charge is 0.497 e. The van der Waals surface area contributed by atoms with E-state index in [9.17, 15) is 13.2 Å². The molecule has 0 spiro atoms. The van der Waals surface area contributed by atoms with Crippen molar-refractivity contribution in [2.45, 2.75) is 69.4 Å². The van der Waals surface area contributed by atoms with Crippen molar-refractivity contribution < 1.29 is 22.7 Å². The summed E-state index contributed by atoms with van der Waals surface area (Å²) in [7, 11) is 0.0864. The number of ether oxygens (including phenoxy) is 2. The van der Waals surface area contributed by atoms with Crippen LogP contribution in [0.4, 0.5) is 4.79 Å². The van der Waals surface area contributed by atoms with Gasteiger partial charge in [-0.05, 0) is 89.3 Å². The molecule has 1 amide bonds. The monoisotopic (exact) mass is 536 g/mol. The molecule has 3 heterocycles. The first kappa shape index (κ1) is 28.1. The summed E-state index contributed by atoms with van der Waals surface area (Å²) in [4.78, 5) is 19.8. The van der Waals surface area contributed by atoms with Crippen LogP contribution in [0.25, 0.3) is 0 Å². The van der Waals surface area contributed by atoms with E-state index in [1.165, 1.54) is 12.8 Å². The zero-order valence-corrected chi connectivity index (χ0v) is 23.8. The van der Waals surface area contributed by atoms with Crippen molar-refractivity contribution in [3.8, 4) is 5.75 Å². The van der Waals surface area contributed by atoms with Crippen LogP contribution in [-0.4, -0.2) is 112 Å². The SMILES string of the molecule is COc1cc(C)c(S(=O)(=O)N2CCCCC2CCOC(=O)N2CCN(C3CCN(C)CC3)CC2)c(C)c1. The smallest absolute Gasteiger partial charge is 0.409 e. The standard InChI is InChI=1S/C27H44N4O5S/c1-21-19-25(35-4)20-22(2)26(21)37(33,34)31-11-6-5-7-24(31)10-18-36-27(32)30-16-14-29(15-17-30)23-8-12-28(3)13-9-23/h19-20,23-24H,5-18H2,1-4H3. The van der Waals surface area contributed by atoms with Crippen LogP contribution in [0.3, 0.4) is 0 Å². The van der Waals surface area contributed by atoms with E-state index in [0.717, 1.165) is 45.4 Å². The maximum absolute atomic E-state index is 13.7. The van der Waals surface area contributed by atoms with Gasteiger partial charge in [-0.1, -0.05) is 6.42 Å². The van der Waals surface area contributed by atoms with E-state index >= 15 is 0 Å². The molecule has 3 aliphatic rings. The van der Waals surface area contributed by atoms with Gasteiger partial charge in [-0.3, -0.25) is 4.90 Å². The summed E-state index contributed by atoms with van der Waals surface area (Å²) >= 11 is 0. The molecule has 0 aliphatic carbocycles. The van der Waals surface area contributed by atoms with Crippen LogP contribution in [0.15, 0.2) is 17.0 Å². The molecule has 1 atom stereocenters. The molecule has 0 aromatic heterocycles. The maximum atomic E-state index is 13.7. The van der Waals surface area contributed by atoms with Crippen molar-refractivity contribution in [2.75, 3.05) is 66.6 Å². The Hall–Kier alpha value is -1.88. The normalized spacial score (nSPS) is 23.2. The maximum Gasteiger partial charge on any atom is 0.409 e. The number of likely N-dealkylation sites (tertiary alicyclic amines) is 1. The molecule has 3 saturated heterocycles. The van der Waals surface area contributed by atoms with Crippen LogP contribution in [0, 0.1) is 13.8 Å². The van der Waals surface area contributed by atoms with Crippen LogP contribution in [0.5, 0.6) is 5.75 Å². The van der Waals surface area contributed by atoms with E-state index in [4.69, 9.17) is 9.47 Å². The third kappa shape index (κ3) is 6.58. The first-order valence-electron chi connectivity index (χ1n) is 13.7. The summed E-state index contributed by atoms with van der Waals surface area (Å²) in [5.41, 5.74) is 1.37. The van der Waals surface area contributed by atoms with Crippen molar-refractivity contribution in [3.63, 3.8) is 0 Å². The molecule has 0 N–H and O–H groups in total. The minimum absolute atomic E-state index is 0.172. The molecule has 4 rings (SSSR count). The molecule has 208 valence electrons. The van der Waals surface area contributed by atoms with E-state index in [1.807, 2.05) is 13.8 Å². The van der Waals surface area contributed by atoms with Gasteiger partial charge in [-0.15, -0.1) is 0 Å². The van der Waals surface area contributed by atoms with Crippen LogP contribution >= 0.6 is 0 Å². The second-order valence-electron chi connectivity index (χ2n) is 10.8. The number of nitrogens with zero attached hydrogens (tertiary/aromatic N) is 4. The van der Waals surface area contributed by atoms with Crippen molar-refractivity contribution in [1.82, 2.24) is 19.0 Å². The zero-order valence-electron chi connectivity index (χ0n) is 22.9. The topological polar surface area (TPSA) is 82.6 Å². The Morgan fingerprint density at radius 1 is 0.946 bits per heavy atom. The van der Waals surface area contributed by atoms with Crippen LogP contribution in [0.2, 0.25) is 0 Å². The number of sulfonamides is 1. The van der Waals surface area contributed by atoms with E-state index in [-0.39, 0.29) is 18.7 Å². The lowest BCUT2D eigenvalue weighted by Gasteiger charge is -2.41. The number of carbonyl (C=O) groups is 1. The average Bonchev–Trinajstić information content (AvgIpc) is 2.88. The Morgan fingerprint density at radius 2 is 1.59 bits per heavy atom. The van der Waals surface area contributed by atoms with Crippen molar-refractivity contribution >= 4 is 16.1 Å². The number of piperidine rings is 2. The summed E-state index contributed by atoms with van der Waals surface area (Å²) in [6, 6.07) is 3.99. The predicted octanol–water partition coefficient (Wildman–Crippen LogP) is 3.09. The van der Waals surface area contributed by atoms with Gasteiger partial charge in [-0.2, -0.15) is 4.31 Å². The fourth-order valence-electron chi connectivity index (χ4n) is 6.13. The highest BCUT2D eigenvalue weighted by Gasteiger charge is 2.36. The molecule has 3 fully saturated rings. The Morgan fingerprint density at radius 3 is 2.22 bits per heavy atom. The third-order valence-corrected chi connectivity index (χ3v) is 10.5. The number of hydrogen-bond acceptors (Lipinski definition) is 7. The molecule has 0 bridgehead atoms. The minimum atomic E-state index is -3.67. The molecule has 1 aromatic carbocycles. The summed E-state index contributed by atoms with van der Waals surface area (Å²) < 4.78 is 40.0. The number of hydrogen-bond donors (Lipinski definition) is 0. The number of aryl methyl sites for hydroxylation is 2. The molecule has 0 saturated carbocycles. The van der Waals surface area contributed by atoms with Gasteiger partial charge in [0.1, 0.15) is 5.75 Å². The Kier molecular flexibility index (Phi) is 9.37. The summed E-state index contributed by atoms with van der Waals surface area (Å²) in [6.45, 7) is 9.77. The molecule has 37 heavy (non-hydrogen) atoms. The molecule has 10 heteroatoms. The zero-order chi connectivity index (χ0) is 26.6. The highest BCUT2D eigenvalue weighted by atomic mass is 32.2. The Balaban J connectivity index is 1.30. The molecule has 3 aliphatic heterocycles. The number of amides is 1. The van der Waals surface area contributed by atoms with Crippen molar-refractivity contribution in [1.29, 1.82) is 0 Å². The van der Waals surface area contributed by atoms with Gasteiger partial charge in [0.25, 0.3) is 0 Å². The lowest BCUT2D eigenvalue weighted by molar-refractivity contribution is 0.0461. The highest BCUT2D eigenvalue weighted by molar-refractivity contribution is 7.89. The molecule has 0 radical (unpaired) electrons.